The van der Waals surface area contributed by atoms with E-state index in [1.165, 1.54) is 11.3 Å². The lowest BCUT2D eigenvalue weighted by atomic mass is 10.1. The highest BCUT2D eigenvalue weighted by molar-refractivity contribution is 5.72. The second-order valence-corrected chi connectivity index (χ2v) is 6.67. The first-order valence-corrected chi connectivity index (χ1v) is 8.81. The number of nitrogens with zero attached hydrogens (tertiary/aromatic N) is 6. The molecule has 0 amide bonds. The van der Waals surface area contributed by atoms with E-state index in [1.54, 1.807) is 6.33 Å². The molecule has 1 fully saturated rings. The summed E-state index contributed by atoms with van der Waals surface area (Å²) < 4.78 is 7.80. The Morgan fingerprint density at radius 2 is 2.24 bits per heavy atom. The zero-order valence-corrected chi connectivity index (χ0v) is 14.2. The third-order valence-electron chi connectivity index (χ3n) is 5.10. The maximum absolute atomic E-state index is 5.90. The van der Waals surface area contributed by atoms with Crippen molar-refractivity contribution in [3.63, 3.8) is 0 Å². The van der Waals surface area contributed by atoms with Gasteiger partial charge in [0.1, 0.15) is 29.5 Å². The molecule has 3 aromatic rings. The Hall–Kier alpha value is -2.54. The summed E-state index contributed by atoms with van der Waals surface area (Å²) >= 11 is 0. The van der Waals surface area contributed by atoms with Crippen LogP contribution < -0.4 is 4.90 Å². The number of ether oxygens (including phenoxy) is 1. The predicted molar refractivity (Wildman–Crippen MR) is 92.4 cm³/mol. The highest BCUT2D eigenvalue weighted by atomic mass is 16.5. The molecular weight excluding hydrogens is 316 g/mol. The standard InChI is InChI=1S/C18H20N6O/c1-12-22-16(15-5-3-9-25-15)17-18(20-11-21-24(12)17)23-8-6-14-13(10-23)4-2-7-19-14/h2,4,7,11,15H,3,5-6,8-10H2,1H3/t15-/m1/s1. The molecule has 0 aromatic carbocycles. The lowest BCUT2D eigenvalue weighted by Gasteiger charge is -2.29. The molecule has 1 atom stereocenters. The third-order valence-corrected chi connectivity index (χ3v) is 5.10. The number of rotatable bonds is 2. The van der Waals surface area contributed by atoms with Gasteiger partial charge in [-0.15, -0.1) is 0 Å². The number of pyridine rings is 1. The molecule has 1 saturated heterocycles. The predicted octanol–water partition coefficient (Wildman–Crippen LogP) is 2.24. The maximum Gasteiger partial charge on any atom is 0.158 e. The largest absolute Gasteiger partial charge is 0.372 e. The molecule has 2 aliphatic heterocycles. The first kappa shape index (κ1) is 14.8. The minimum absolute atomic E-state index is 0.0483. The molecule has 3 aromatic heterocycles. The molecule has 25 heavy (non-hydrogen) atoms. The van der Waals surface area contributed by atoms with Gasteiger partial charge in [-0.1, -0.05) is 6.07 Å². The van der Waals surface area contributed by atoms with E-state index in [2.05, 4.69) is 26.0 Å². The molecule has 5 rings (SSSR count). The molecular formula is C18H20N6O. The fourth-order valence-corrected chi connectivity index (χ4v) is 3.88. The van der Waals surface area contributed by atoms with Crippen molar-refractivity contribution in [1.29, 1.82) is 0 Å². The first-order chi connectivity index (χ1) is 12.3. The van der Waals surface area contributed by atoms with Gasteiger partial charge in [-0.2, -0.15) is 5.10 Å². The number of aryl methyl sites for hydroxylation is 1. The molecule has 0 radical (unpaired) electrons. The Morgan fingerprint density at radius 3 is 3.12 bits per heavy atom. The lowest BCUT2D eigenvalue weighted by Crippen LogP contribution is -2.32. The van der Waals surface area contributed by atoms with Crippen LogP contribution in [0.5, 0.6) is 0 Å². The van der Waals surface area contributed by atoms with E-state index in [9.17, 15) is 0 Å². The molecule has 7 heteroatoms. The molecule has 0 unspecified atom stereocenters. The summed E-state index contributed by atoms with van der Waals surface area (Å²) in [6.07, 6.45) is 6.55. The van der Waals surface area contributed by atoms with Crippen LogP contribution in [0, 0.1) is 6.92 Å². The minimum atomic E-state index is 0.0483. The molecule has 128 valence electrons. The van der Waals surface area contributed by atoms with Gasteiger partial charge < -0.3 is 9.64 Å². The molecule has 0 N–H and O–H groups in total. The van der Waals surface area contributed by atoms with Crippen molar-refractivity contribution in [2.24, 2.45) is 0 Å². The number of hydrogen-bond donors (Lipinski definition) is 0. The van der Waals surface area contributed by atoms with Gasteiger partial charge in [-0.3, -0.25) is 4.98 Å². The Balaban J connectivity index is 1.62. The highest BCUT2D eigenvalue weighted by Crippen LogP contribution is 2.35. The molecule has 0 saturated carbocycles. The summed E-state index contributed by atoms with van der Waals surface area (Å²) in [5, 5.41) is 4.42. The highest BCUT2D eigenvalue weighted by Gasteiger charge is 2.28. The summed E-state index contributed by atoms with van der Waals surface area (Å²) in [6.45, 7) is 4.49. The van der Waals surface area contributed by atoms with Gasteiger partial charge in [-0.25, -0.2) is 14.5 Å². The van der Waals surface area contributed by atoms with Crippen molar-refractivity contribution < 1.29 is 4.74 Å². The second kappa shape index (κ2) is 5.77. The van der Waals surface area contributed by atoms with Crippen LogP contribution in [0.3, 0.4) is 0 Å². The SMILES string of the molecule is Cc1nc([C@H]2CCCO2)c2c(N3CCc4ncccc4C3)ncnn12. The van der Waals surface area contributed by atoms with Gasteiger partial charge in [0.05, 0.1) is 0 Å². The number of imidazole rings is 1. The van der Waals surface area contributed by atoms with E-state index in [0.717, 1.165) is 61.8 Å². The molecule has 0 spiro atoms. The van der Waals surface area contributed by atoms with Gasteiger partial charge in [-0.05, 0) is 31.4 Å². The number of hydrogen-bond acceptors (Lipinski definition) is 6. The van der Waals surface area contributed by atoms with E-state index in [4.69, 9.17) is 9.72 Å². The van der Waals surface area contributed by atoms with E-state index < -0.39 is 0 Å². The molecule has 5 heterocycles. The third kappa shape index (κ3) is 2.38. The fourth-order valence-electron chi connectivity index (χ4n) is 3.88. The average molecular weight is 336 g/mol. The van der Waals surface area contributed by atoms with Gasteiger partial charge in [0.25, 0.3) is 0 Å². The molecule has 2 aliphatic rings. The first-order valence-electron chi connectivity index (χ1n) is 8.81. The lowest BCUT2D eigenvalue weighted by molar-refractivity contribution is 0.110. The van der Waals surface area contributed by atoms with Crippen LogP contribution in [-0.2, 0) is 17.7 Å². The summed E-state index contributed by atoms with van der Waals surface area (Å²) in [5.74, 6) is 1.82. The van der Waals surface area contributed by atoms with Crippen molar-refractivity contribution in [3.8, 4) is 0 Å². The van der Waals surface area contributed by atoms with Crippen molar-refractivity contribution in [2.45, 2.75) is 38.8 Å². The Morgan fingerprint density at radius 1 is 1.28 bits per heavy atom. The number of aromatic nitrogens is 5. The van der Waals surface area contributed by atoms with Gasteiger partial charge in [0, 0.05) is 38.0 Å². The zero-order valence-electron chi connectivity index (χ0n) is 14.2. The summed E-state index contributed by atoms with van der Waals surface area (Å²) in [4.78, 5) is 16.2. The molecule has 7 nitrogen and oxygen atoms in total. The van der Waals surface area contributed by atoms with E-state index in [1.807, 2.05) is 23.7 Å². The average Bonchev–Trinajstić information content (AvgIpc) is 3.29. The van der Waals surface area contributed by atoms with Crippen LogP contribution in [0.4, 0.5) is 5.82 Å². The van der Waals surface area contributed by atoms with Crippen LogP contribution in [0.25, 0.3) is 5.52 Å². The summed E-state index contributed by atoms with van der Waals surface area (Å²) in [7, 11) is 0. The van der Waals surface area contributed by atoms with Crippen LogP contribution in [0.1, 0.15) is 41.7 Å². The number of anilines is 1. The normalized spacial score (nSPS) is 20.2. The fraction of sp³-hybridized carbons (Fsp3) is 0.444. The van der Waals surface area contributed by atoms with Crippen molar-refractivity contribution >= 4 is 11.3 Å². The van der Waals surface area contributed by atoms with E-state index in [0.29, 0.717) is 0 Å². The zero-order chi connectivity index (χ0) is 16.8. The van der Waals surface area contributed by atoms with Gasteiger partial charge in [0.15, 0.2) is 5.82 Å². The molecule has 0 bridgehead atoms. The van der Waals surface area contributed by atoms with Gasteiger partial charge >= 0.3 is 0 Å². The minimum Gasteiger partial charge on any atom is -0.372 e. The van der Waals surface area contributed by atoms with E-state index >= 15 is 0 Å². The monoisotopic (exact) mass is 336 g/mol. The smallest absolute Gasteiger partial charge is 0.158 e. The molecule has 0 aliphatic carbocycles. The van der Waals surface area contributed by atoms with Gasteiger partial charge in [0.2, 0.25) is 0 Å². The summed E-state index contributed by atoms with van der Waals surface area (Å²) in [6, 6.07) is 4.15. The van der Waals surface area contributed by atoms with Crippen LogP contribution in [-0.4, -0.2) is 37.7 Å². The van der Waals surface area contributed by atoms with Crippen LogP contribution in [0.2, 0.25) is 0 Å². The van der Waals surface area contributed by atoms with Crippen molar-refractivity contribution in [2.75, 3.05) is 18.1 Å². The van der Waals surface area contributed by atoms with Crippen molar-refractivity contribution in [3.05, 3.63) is 47.4 Å². The van der Waals surface area contributed by atoms with Crippen LogP contribution in [0.15, 0.2) is 24.7 Å². The van der Waals surface area contributed by atoms with Crippen LogP contribution >= 0.6 is 0 Å². The Labute approximate surface area is 145 Å². The van der Waals surface area contributed by atoms with Crippen molar-refractivity contribution in [1.82, 2.24) is 24.6 Å². The Kier molecular flexibility index (Phi) is 3.41. The van der Waals surface area contributed by atoms with E-state index in [-0.39, 0.29) is 6.10 Å². The second-order valence-electron chi connectivity index (χ2n) is 6.67. The topological polar surface area (TPSA) is 68.4 Å². The Bertz CT molecular complexity index is 930. The maximum atomic E-state index is 5.90. The quantitative estimate of drug-likeness (QED) is 0.715. The number of fused-ring (bicyclic) bond motifs is 2. The summed E-state index contributed by atoms with van der Waals surface area (Å²) in [5.41, 5.74) is 4.41.